The molecule has 0 saturated carbocycles. The van der Waals surface area contributed by atoms with E-state index in [-0.39, 0.29) is 0 Å². The van der Waals surface area contributed by atoms with Crippen molar-refractivity contribution in [1.82, 2.24) is 9.55 Å². The van der Waals surface area contributed by atoms with Crippen LogP contribution in [0.4, 0.5) is 0 Å². The maximum atomic E-state index is 4.53. The van der Waals surface area contributed by atoms with E-state index < -0.39 is 0 Å². The SMILES string of the molecule is CC1=C(C)c2nc(C)c(C)n2C1. The van der Waals surface area contributed by atoms with Gasteiger partial charge in [0.25, 0.3) is 0 Å². The smallest absolute Gasteiger partial charge is 0.136 e. The van der Waals surface area contributed by atoms with Gasteiger partial charge in [0.2, 0.25) is 0 Å². The van der Waals surface area contributed by atoms with Crippen molar-refractivity contribution in [1.29, 1.82) is 0 Å². The fraction of sp³-hybridized carbons (Fsp3) is 0.500. The molecule has 12 heavy (non-hydrogen) atoms. The Morgan fingerprint density at radius 3 is 2.42 bits per heavy atom. The van der Waals surface area contributed by atoms with Gasteiger partial charge in [-0.25, -0.2) is 4.98 Å². The molecule has 1 aromatic heterocycles. The average molecular weight is 162 g/mol. The molecule has 2 heterocycles. The van der Waals surface area contributed by atoms with Crippen molar-refractivity contribution >= 4 is 5.57 Å². The first-order valence-electron chi connectivity index (χ1n) is 4.31. The Bertz CT molecular complexity index is 369. The van der Waals surface area contributed by atoms with Gasteiger partial charge in [0.15, 0.2) is 0 Å². The lowest BCUT2D eigenvalue weighted by Crippen LogP contribution is -1.97. The van der Waals surface area contributed by atoms with E-state index in [4.69, 9.17) is 0 Å². The fourth-order valence-electron chi connectivity index (χ4n) is 1.68. The Morgan fingerprint density at radius 1 is 1.17 bits per heavy atom. The van der Waals surface area contributed by atoms with E-state index >= 15 is 0 Å². The second kappa shape index (κ2) is 2.22. The predicted molar refractivity (Wildman–Crippen MR) is 50.0 cm³/mol. The second-order valence-electron chi connectivity index (χ2n) is 3.60. The van der Waals surface area contributed by atoms with E-state index in [2.05, 4.69) is 37.2 Å². The van der Waals surface area contributed by atoms with Crippen molar-refractivity contribution in [3.8, 4) is 0 Å². The highest BCUT2D eigenvalue weighted by molar-refractivity contribution is 5.65. The van der Waals surface area contributed by atoms with Crippen LogP contribution in [-0.4, -0.2) is 9.55 Å². The van der Waals surface area contributed by atoms with E-state index in [0.717, 1.165) is 12.2 Å². The maximum absolute atomic E-state index is 4.53. The molecule has 0 N–H and O–H groups in total. The molecule has 0 bridgehead atoms. The van der Waals surface area contributed by atoms with Gasteiger partial charge in [0.05, 0.1) is 5.69 Å². The number of allylic oxidation sites excluding steroid dienone is 2. The summed E-state index contributed by atoms with van der Waals surface area (Å²) in [6.45, 7) is 9.58. The first kappa shape index (κ1) is 7.59. The first-order valence-corrected chi connectivity index (χ1v) is 4.31. The van der Waals surface area contributed by atoms with Crippen LogP contribution in [0, 0.1) is 13.8 Å². The third-order valence-corrected chi connectivity index (χ3v) is 2.83. The minimum Gasteiger partial charge on any atom is -0.324 e. The molecule has 1 aliphatic rings. The van der Waals surface area contributed by atoms with Gasteiger partial charge in [-0.3, -0.25) is 0 Å². The Hall–Kier alpha value is -1.05. The lowest BCUT2D eigenvalue weighted by atomic mass is 10.2. The Morgan fingerprint density at radius 2 is 1.83 bits per heavy atom. The molecule has 0 saturated heterocycles. The molecule has 2 nitrogen and oxygen atoms in total. The predicted octanol–water partition coefficient (Wildman–Crippen LogP) is 2.31. The molecule has 0 atom stereocenters. The second-order valence-corrected chi connectivity index (χ2v) is 3.60. The molecule has 2 rings (SSSR count). The number of fused-ring (bicyclic) bond motifs is 1. The topological polar surface area (TPSA) is 17.8 Å². The minimum atomic E-state index is 1.04. The zero-order chi connectivity index (χ0) is 8.88. The molecule has 0 spiro atoms. The van der Waals surface area contributed by atoms with Crippen molar-refractivity contribution in [2.45, 2.75) is 34.2 Å². The number of rotatable bonds is 0. The number of imidazole rings is 1. The highest BCUT2D eigenvalue weighted by atomic mass is 15.1. The Balaban J connectivity index is 2.64. The molecule has 0 aromatic carbocycles. The van der Waals surface area contributed by atoms with Crippen LogP contribution in [0.2, 0.25) is 0 Å². The van der Waals surface area contributed by atoms with Crippen molar-refractivity contribution in [2.24, 2.45) is 0 Å². The van der Waals surface area contributed by atoms with Gasteiger partial charge in [-0.05, 0) is 38.8 Å². The Labute approximate surface area is 72.9 Å². The van der Waals surface area contributed by atoms with E-state index in [9.17, 15) is 0 Å². The molecule has 2 heteroatoms. The number of aromatic nitrogens is 2. The number of hydrogen-bond donors (Lipinski definition) is 0. The molecule has 1 aliphatic heterocycles. The normalized spacial score (nSPS) is 15.7. The van der Waals surface area contributed by atoms with E-state index in [1.54, 1.807) is 0 Å². The third-order valence-electron chi connectivity index (χ3n) is 2.83. The van der Waals surface area contributed by atoms with Crippen LogP contribution in [0.25, 0.3) is 5.57 Å². The number of aryl methyl sites for hydroxylation is 1. The van der Waals surface area contributed by atoms with Crippen LogP contribution in [-0.2, 0) is 6.54 Å². The summed E-state index contributed by atoms with van der Waals surface area (Å²) in [5.41, 5.74) is 5.27. The van der Waals surface area contributed by atoms with Crippen LogP contribution in [0.5, 0.6) is 0 Å². The van der Waals surface area contributed by atoms with Gasteiger partial charge in [0, 0.05) is 12.2 Å². The molecule has 1 aromatic rings. The van der Waals surface area contributed by atoms with Gasteiger partial charge in [-0.2, -0.15) is 0 Å². The van der Waals surface area contributed by atoms with Gasteiger partial charge >= 0.3 is 0 Å². The van der Waals surface area contributed by atoms with E-state index in [0.29, 0.717) is 0 Å². The largest absolute Gasteiger partial charge is 0.324 e. The molecule has 0 fully saturated rings. The van der Waals surface area contributed by atoms with Gasteiger partial charge in [-0.15, -0.1) is 0 Å². The zero-order valence-electron chi connectivity index (χ0n) is 8.10. The van der Waals surface area contributed by atoms with Crippen LogP contribution >= 0.6 is 0 Å². The van der Waals surface area contributed by atoms with E-state index in [1.807, 2.05) is 0 Å². The van der Waals surface area contributed by atoms with Gasteiger partial charge in [0.1, 0.15) is 5.82 Å². The van der Waals surface area contributed by atoms with E-state index in [1.165, 1.54) is 22.7 Å². The Kier molecular flexibility index (Phi) is 1.40. The molecular weight excluding hydrogens is 148 g/mol. The number of hydrogen-bond acceptors (Lipinski definition) is 1. The molecule has 0 aliphatic carbocycles. The minimum absolute atomic E-state index is 1.04. The lowest BCUT2D eigenvalue weighted by Gasteiger charge is -1.99. The monoisotopic (exact) mass is 162 g/mol. The standard InChI is InChI=1S/C10H14N2/c1-6-5-12-9(4)8(3)11-10(12)7(6)2/h5H2,1-4H3. The van der Waals surface area contributed by atoms with Crippen LogP contribution in [0.3, 0.4) is 0 Å². The van der Waals surface area contributed by atoms with Crippen molar-refractivity contribution in [3.63, 3.8) is 0 Å². The lowest BCUT2D eigenvalue weighted by molar-refractivity contribution is 0.777. The summed E-state index contributed by atoms with van der Waals surface area (Å²) in [7, 11) is 0. The van der Waals surface area contributed by atoms with Crippen molar-refractivity contribution < 1.29 is 0 Å². The maximum Gasteiger partial charge on any atom is 0.136 e. The highest BCUT2D eigenvalue weighted by Gasteiger charge is 2.19. The summed E-state index contributed by atoms with van der Waals surface area (Å²) in [5.74, 6) is 1.17. The van der Waals surface area contributed by atoms with Gasteiger partial charge in [-0.1, -0.05) is 0 Å². The van der Waals surface area contributed by atoms with Gasteiger partial charge < -0.3 is 4.57 Å². The number of nitrogens with zero attached hydrogens (tertiary/aromatic N) is 2. The quantitative estimate of drug-likeness (QED) is 0.572. The summed E-state index contributed by atoms with van der Waals surface area (Å²) in [6.07, 6.45) is 0. The van der Waals surface area contributed by atoms with Crippen LogP contribution in [0.1, 0.15) is 31.1 Å². The molecule has 0 radical (unpaired) electrons. The zero-order valence-corrected chi connectivity index (χ0v) is 8.10. The van der Waals surface area contributed by atoms with Crippen molar-refractivity contribution in [2.75, 3.05) is 0 Å². The summed E-state index contributed by atoms with van der Waals surface area (Å²) in [4.78, 5) is 4.53. The molecule has 0 unspecified atom stereocenters. The molecule has 0 amide bonds. The summed E-state index contributed by atoms with van der Waals surface area (Å²) in [6, 6.07) is 0. The highest BCUT2D eigenvalue weighted by Crippen LogP contribution is 2.28. The fourth-order valence-corrected chi connectivity index (χ4v) is 1.68. The average Bonchev–Trinajstić information content (AvgIpc) is 2.43. The van der Waals surface area contributed by atoms with Crippen molar-refractivity contribution in [3.05, 3.63) is 22.8 Å². The summed E-state index contributed by atoms with van der Waals surface area (Å²) in [5, 5.41) is 0. The van der Waals surface area contributed by atoms with Crippen LogP contribution < -0.4 is 0 Å². The third kappa shape index (κ3) is 0.779. The summed E-state index contributed by atoms with van der Waals surface area (Å²) < 4.78 is 2.29. The van der Waals surface area contributed by atoms with Crippen LogP contribution in [0.15, 0.2) is 5.57 Å². The molecular formula is C10H14N2. The molecule has 64 valence electrons. The summed E-state index contributed by atoms with van der Waals surface area (Å²) >= 11 is 0. The first-order chi connectivity index (χ1) is 5.61.